The third-order valence-electron chi connectivity index (χ3n) is 2.19. The smallest absolute Gasteiger partial charge is 0.221 e. The van der Waals surface area contributed by atoms with Gasteiger partial charge in [0.1, 0.15) is 0 Å². The minimum absolute atomic E-state index is 0.102. The molecule has 0 saturated carbocycles. The van der Waals surface area contributed by atoms with E-state index in [9.17, 15) is 4.79 Å². The predicted molar refractivity (Wildman–Crippen MR) is 59.1 cm³/mol. The number of amides is 1. The lowest BCUT2D eigenvalue weighted by Crippen LogP contribution is -2.30. The van der Waals surface area contributed by atoms with Crippen LogP contribution in [0.4, 0.5) is 0 Å². The van der Waals surface area contributed by atoms with Crippen molar-refractivity contribution in [3.05, 3.63) is 21.9 Å². The van der Waals surface area contributed by atoms with E-state index in [-0.39, 0.29) is 11.8 Å². The topological polar surface area (TPSA) is 55.1 Å². The summed E-state index contributed by atoms with van der Waals surface area (Å²) in [5.74, 6) is -0.351. The molecule has 1 unspecified atom stereocenters. The molecular formula is C10H16N2OS. The number of nitrogens with two attached hydrogens (primary N) is 1. The van der Waals surface area contributed by atoms with E-state index in [0.717, 1.165) is 6.54 Å². The Kier molecular flexibility index (Phi) is 4.10. The molecule has 0 fully saturated rings. The third-order valence-corrected chi connectivity index (χ3v) is 3.21. The van der Waals surface area contributed by atoms with Crippen LogP contribution in [-0.2, 0) is 11.3 Å². The van der Waals surface area contributed by atoms with Crippen LogP contribution in [0.25, 0.3) is 0 Å². The molecule has 0 aliphatic carbocycles. The first-order valence-electron chi connectivity index (χ1n) is 4.64. The van der Waals surface area contributed by atoms with Gasteiger partial charge in [-0.3, -0.25) is 4.79 Å². The van der Waals surface area contributed by atoms with Crippen LogP contribution in [0.5, 0.6) is 0 Å². The van der Waals surface area contributed by atoms with Crippen molar-refractivity contribution in [1.29, 1.82) is 0 Å². The molecule has 1 aromatic rings. The number of primary amides is 1. The van der Waals surface area contributed by atoms with Crippen molar-refractivity contribution in [3.8, 4) is 0 Å². The lowest BCUT2D eigenvalue weighted by Gasteiger charge is -2.08. The molecule has 0 radical (unpaired) electrons. The summed E-state index contributed by atoms with van der Waals surface area (Å²) in [6.07, 6.45) is 0. The minimum Gasteiger partial charge on any atom is -0.369 e. The Balaban J connectivity index is 2.29. The van der Waals surface area contributed by atoms with Gasteiger partial charge in [0.25, 0.3) is 0 Å². The highest BCUT2D eigenvalue weighted by Gasteiger charge is 2.07. The normalized spacial score (nSPS) is 12.7. The van der Waals surface area contributed by atoms with Gasteiger partial charge in [0.15, 0.2) is 0 Å². The highest BCUT2D eigenvalue weighted by atomic mass is 32.1. The minimum atomic E-state index is -0.250. The maximum Gasteiger partial charge on any atom is 0.221 e. The number of aryl methyl sites for hydroxylation is 1. The number of nitrogens with one attached hydrogen (secondary N) is 1. The summed E-state index contributed by atoms with van der Waals surface area (Å²) in [7, 11) is 0. The van der Waals surface area contributed by atoms with Gasteiger partial charge in [-0.25, -0.2) is 0 Å². The first-order chi connectivity index (χ1) is 6.61. The molecule has 1 heterocycles. The summed E-state index contributed by atoms with van der Waals surface area (Å²) in [5.41, 5.74) is 6.45. The molecule has 1 rings (SSSR count). The fourth-order valence-corrected chi connectivity index (χ4v) is 1.96. The second-order valence-corrected chi connectivity index (χ2v) is 4.46. The van der Waals surface area contributed by atoms with Crippen molar-refractivity contribution in [2.45, 2.75) is 20.4 Å². The van der Waals surface area contributed by atoms with Crippen LogP contribution < -0.4 is 11.1 Å². The Bertz CT molecular complexity index is 309. The van der Waals surface area contributed by atoms with Gasteiger partial charge >= 0.3 is 0 Å². The third kappa shape index (κ3) is 3.12. The lowest BCUT2D eigenvalue weighted by molar-refractivity contribution is -0.121. The molecule has 4 heteroatoms. The molecule has 0 saturated heterocycles. The molecule has 3 nitrogen and oxygen atoms in total. The number of rotatable bonds is 5. The molecular weight excluding hydrogens is 196 g/mol. The second-order valence-electron chi connectivity index (χ2n) is 3.46. The van der Waals surface area contributed by atoms with E-state index in [1.165, 1.54) is 10.4 Å². The van der Waals surface area contributed by atoms with Crippen LogP contribution in [0.15, 0.2) is 11.4 Å². The van der Waals surface area contributed by atoms with Gasteiger partial charge < -0.3 is 11.1 Å². The van der Waals surface area contributed by atoms with Crippen molar-refractivity contribution in [1.82, 2.24) is 5.32 Å². The predicted octanol–water partition coefficient (Wildman–Crippen LogP) is 1.27. The standard InChI is InChI=1S/C10H16N2OS/c1-7-3-4-14-9(7)6-12-5-8(2)10(11)13/h3-4,8,12H,5-6H2,1-2H3,(H2,11,13). The van der Waals surface area contributed by atoms with Crippen LogP contribution in [-0.4, -0.2) is 12.5 Å². The average Bonchev–Trinajstić information content (AvgIpc) is 2.51. The van der Waals surface area contributed by atoms with Crippen LogP contribution >= 0.6 is 11.3 Å². The van der Waals surface area contributed by atoms with Crippen molar-refractivity contribution in [3.63, 3.8) is 0 Å². The monoisotopic (exact) mass is 212 g/mol. The number of carbonyl (C=O) groups excluding carboxylic acids is 1. The number of carbonyl (C=O) groups is 1. The number of hydrogen-bond acceptors (Lipinski definition) is 3. The Morgan fingerprint density at radius 1 is 1.71 bits per heavy atom. The van der Waals surface area contributed by atoms with Gasteiger partial charge in [-0.2, -0.15) is 0 Å². The summed E-state index contributed by atoms with van der Waals surface area (Å²) in [6, 6.07) is 2.10. The van der Waals surface area contributed by atoms with Crippen molar-refractivity contribution < 1.29 is 4.79 Å². The van der Waals surface area contributed by atoms with E-state index in [2.05, 4.69) is 23.7 Å². The molecule has 14 heavy (non-hydrogen) atoms. The van der Waals surface area contributed by atoms with E-state index >= 15 is 0 Å². The molecule has 0 aromatic carbocycles. The number of thiophene rings is 1. The van der Waals surface area contributed by atoms with Gasteiger partial charge in [0.2, 0.25) is 5.91 Å². The van der Waals surface area contributed by atoms with Crippen LogP contribution in [0, 0.1) is 12.8 Å². The van der Waals surface area contributed by atoms with Gasteiger partial charge in [-0.1, -0.05) is 6.92 Å². The van der Waals surface area contributed by atoms with E-state index in [0.29, 0.717) is 6.54 Å². The Morgan fingerprint density at radius 3 is 2.93 bits per heavy atom. The van der Waals surface area contributed by atoms with Crippen LogP contribution in [0.3, 0.4) is 0 Å². The summed E-state index contributed by atoms with van der Waals surface area (Å²) in [4.78, 5) is 12.1. The lowest BCUT2D eigenvalue weighted by atomic mass is 10.2. The van der Waals surface area contributed by atoms with E-state index in [4.69, 9.17) is 5.73 Å². The van der Waals surface area contributed by atoms with Crippen molar-refractivity contribution in [2.24, 2.45) is 11.7 Å². The molecule has 3 N–H and O–H groups in total. The molecule has 0 bridgehead atoms. The van der Waals surface area contributed by atoms with E-state index in [1.807, 2.05) is 6.92 Å². The van der Waals surface area contributed by atoms with Gasteiger partial charge in [-0.05, 0) is 23.9 Å². The maximum atomic E-state index is 10.7. The zero-order valence-corrected chi connectivity index (χ0v) is 9.36. The quantitative estimate of drug-likeness (QED) is 0.772. The summed E-state index contributed by atoms with van der Waals surface area (Å²) in [6.45, 7) is 5.38. The summed E-state index contributed by atoms with van der Waals surface area (Å²) < 4.78 is 0. The Labute approximate surface area is 88.3 Å². The van der Waals surface area contributed by atoms with Gasteiger partial charge in [0, 0.05) is 23.9 Å². The molecule has 0 aliphatic heterocycles. The summed E-state index contributed by atoms with van der Waals surface area (Å²) >= 11 is 1.73. The fraction of sp³-hybridized carbons (Fsp3) is 0.500. The molecule has 1 atom stereocenters. The van der Waals surface area contributed by atoms with Gasteiger partial charge in [-0.15, -0.1) is 11.3 Å². The van der Waals surface area contributed by atoms with E-state index < -0.39 is 0 Å². The SMILES string of the molecule is Cc1ccsc1CNCC(C)C(N)=O. The van der Waals surface area contributed by atoms with Crippen molar-refractivity contribution >= 4 is 17.2 Å². The van der Waals surface area contributed by atoms with Gasteiger partial charge in [0.05, 0.1) is 0 Å². The largest absolute Gasteiger partial charge is 0.369 e. The average molecular weight is 212 g/mol. The highest BCUT2D eigenvalue weighted by molar-refractivity contribution is 7.10. The van der Waals surface area contributed by atoms with Crippen LogP contribution in [0.1, 0.15) is 17.4 Å². The summed E-state index contributed by atoms with van der Waals surface area (Å²) in [5, 5.41) is 5.29. The molecule has 1 aromatic heterocycles. The van der Waals surface area contributed by atoms with E-state index in [1.54, 1.807) is 11.3 Å². The molecule has 1 amide bonds. The second kappa shape index (κ2) is 5.12. The zero-order valence-electron chi connectivity index (χ0n) is 8.54. The fourth-order valence-electron chi connectivity index (χ4n) is 1.09. The zero-order chi connectivity index (χ0) is 10.6. The van der Waals surface area contributed by atoms with Crippen LogP contribution in [0.2, 0.25) is 0 Å². The molecule has 0 aliphatic rings. The number of hydrogen-bond donors (Lipinski definition) is 2. The Morgan fingerprint density at radius 2 is 2.43 bits per heavy atom. The molecule has 0 spiro atoms. The first-order valence-corrected chi connectivity index (χ1v) is 5.52. The maximum absolute atomic E-state index is 10.7. The first kappa shape index (κ1) is 11.2. The Hall–Kier alpha value is -0.870. The van der Waals surface area contributed by atoms with Crippen molar-refractivity contribution in [2.75, 3.05) is 6.54 Å². The molecule has 78 valence electrons. The highest BCUT2D eigenvalue weighted by Crippen LogP contribution is 2.14.